The average molecular weight is 215 g/mol. The zero-order valence-electron chi connectivity index (χ0n) is 7.76. The van der Waals surface area contributed by atoms with Gasteiger partial charge in [0.05, 0.1) is 5.02 Å². The molecule has 1 atom stereocenters. The number of pyridine rings is 1. The molecule has 0 amide bonds. The van der Waals surface area contributed by atoms with Crippen molar-refractivity contribution in [2.45, 2.75) is 18.8 Å². The van der Waals surface area contributed by atoms with Crippen LogP contribution >= 0.6 is 11.6 Å². The molecule has 1 aliphatic rings. The molecule has 1 unspecified atom stereocenters. The number of piperidine rings is 1. The summed E-state index contributed by atoms with van der Waals surface area (Å²) >= 11 is 5.79. The molecule has 2 nitrogen and oxygen atoms in total. The molecule has 4 heteroatoms. The number of aromatic nitrogens is 1. The summed E-state index contributed by atoms with van der Waals surface area (Å²) in [5.41, 5.74) is 0.643. The van der Waals surface area contributed by atoms with Crippen LogP contribution in [-0.2, 0) is 0 Å². The first-order chi connectivity index (χ1) is 6.77. The molecular weight excluding hydrogens is 203 g/mol. The van der Waals surface area contributed by atoms with Crippen molar-refractivity contribution in [1.82, 2.24) is 10.3 Å². The fraction of sp³-hybridized carbons (Fsp3) is 0.500. The van der Waals surface area contributed by atoms with E-state index in [9.17, 15) is 4.39 Å². The summed E-state index contributed by atoms with van der Waals surface area (Å²) in [5, 5.41) is 3.75. The first-order valence-corrected chi connectivity index (χ1v) is 5.17. The van der Waals surface area contributed by atoms with Crippen LogP contribution in [-0.4, -0.2) is 18.1 Å². The molecule has 0 saturated carbocycles. The van der Waals surface area contributed by atoms with E-state index in [0.29, 0.717) is 10.6 Å². The molecule has 2 rings (SSSR count). The Kier molecular flexibility index (Phi) is 2.99. The minimum atomic E-state index is -0.386. The molecule has 2 heterocycles. The zero-order chi connectivity index (χ0) is 9.97. The Balaban J connectivity index is 2.24. The molecule has 1 fully saturated rings. The number of halogens is 2. The van der Waals surface area contributed by atoms with E-state index in [0.717, 1.165) is 25.9 Å². The number of nitrogens with zero attached hydrogens (tertiary/aromatic N) is 1. The summed E-state index contributed by atoms with van der Waals surface area (Å²) in [5.74, 6) is -0.168. The highest BCUT2D eigenvalue weighted by molar-refractivity contribution is 6.30. The van der Waals surface area contributed by atoms with E-state index in [1.807, 2.05) is 0 Å². The first kappa shape index (κ1) is 9.87. The number of hydrogen-bond donors (Lipinski definition) is 1. The van der Waals surface area contributed by atoms with Gasteiger partial charge < -0.3 is 5.32 Å². The predicted octanol–water partition coefficient (Wildman–Crippen LogP) is 2.34. The van der Waals surface area contributed by atoms with Crippen LogP contribution in [0.25, 0.3) is 0 Å². The van der Waals surface area contributed by atoms with Gasteiger partial charge >= 0.3 is 0 Å². The predicted molar refractivity (Wildman–Crippen MR) is 54.0 cm³/mol. The smallest absolute Gasteiger partial charge is 0.216 e. The second kappa shape index (κ2) is 4.24. The van der Waals surface area contributed by atoms with Crippen LogP contribution in [0.5, 0.6) is 0 Å². The molecule has 0 aromatic carbocycles. The summed E-state index contributed by atoms with van der Waals surface area (Å²) in [4.78, 5) is 3.63. The first-order valence-electron chi connectivity index (χ1n) is 4.79. The maximum Gasteiger partial charge on any atom is 0.216 e. The summed E-state index contributed by atoms with van der Waals surface area (Å²) in [6.45, 7) is 1.84. The van der Waals surface area contributed by atoms with Gasteiger partial charge in [-0.1, -0.05) is 11.6 Å². The van der Waals surface area contributed by atoms with Gasteiger partial charge in [0.1, 0.15) is 0 Å². The van der Waals surface area contributed by atoms with Gasteiger partial charge in [-0.05, 0) is 25.5 Å². The molecule has 1 aromatic heterocycles. The fourth-order valence-electron chi connectivity index (χ4n) is 1.84. The number of rotatable bonds is 1. The zero-order valence-corrected chi connectivity index (χ0v) is 8.52. The number of nitrogens with one attached hydrogen (secondary N) is 1. The van der Waals surface area contributed by atoms with Gasteiger partial charge in [0.25, 0.3) is 0 Å². The molecule has 76 valence electrons. The Morgan fingerprint density at radius 3 is 3.14 bits per heavy atom. The number of hydrogen-bond acceptors (Lipinski definition) is 2. The van der Waals surface area contributed by atoms with Gasteiger partial charge in [0.15, 0.2) is 0 Å². The summed E-state index contributed by atoms with van der Waals surface area (Å²) in [6.07, 6.45) is 3.43. The van der Waals surface area contributed by atoms with Crippen LogP contribution < -0.4 is 5.32 Å². The van der Waals surface area contributed by atoms with Crippen molar-refractivity contribution in [2.24, 2.45) is 0 Å². The Hall–Kier alpha value is -0.670. The van der Waals surface area contributed by atoms with Crippen LogP contribution in [0, 0.1) is 5.95 Å². The Morgan fingerprint density at radius 2 is 2.43 bits per heavy atom. The van der Waals surface area contributed by atoms with E-state index in [1.165, 1.54) is 6.20 Å². The lowest BCUT2D eigenvalue weighted by atomic mass is 9.93. The molecular formula is C10H12ClFN2. The summed E-state index contributed by atoms with van der Waals surface area (Å²) in [7, 11) is 0. The lowest BCUT2D eigenvalue weighted by Crippen LogP contribution is -2.29. The maximum atomic E-state index is 13.4. The SMILES string of the molecule is Fc1ncc(Cl)cc1C1CCCNC1. The van der Waals surface area contributed by atoms with E-state index < -0.39 is 0 Å². The topological polar surface area (TPSA) is 24.9 Å². The van der Waals surface area contributed by atoms with Crippen molar-refractivity contribution >= 4 is 11.6 Å². The van der Waals surface area contributed by atoms with Gasteiger partial charge in [0, 0.05) is 24.2 Å². The standard InChI is InChI=1S/C10H12ClFN2/c11-8-4-9(10(12)14-6-8)7-2-1-3-13-5-7/h4,6-7,13H,1-3,5H2. The van der Waals surface area contributed by atoms with Gasteiger partial charge in [-0.25, -0.2) is 4.98 Å². The fourth-order valence-corrected chi connectivity index (χ4v) is 2.01. The van der Waals surface area contributed by atoms with E-state index in [2.05, 4.69) is 10.3 Å². The molecule has 1 aromatic rings. The Bertz CT molecular complexity index is 324. The van der Waals surface area contributed by atoms with Crippen LogP contribution in [0.4, 0.5) is 4.39 Å². The van der Waals surface area contributed by atoms with Crippen LogP contribution in [0.15, 0.2) is 12.3 Å². The minimum absolute atomic E-state index is 0.218. The van der Waals surface area contributed by atoms with E-state index in [1.54, 1.807) is 6.07 Å². The van der Waals surface area contributed by atoms with Gasteiger partial charge in [-0.3, -0.25) is 0 Å². The third kappa shape index (κ3) is 2.04. The molecule has 0 radical (unpaired) electrons. The molecule has 0 aliphatic carbocycles. The highest BCUT2D eigenvalue weighted by atomic mass is 35.5. The monoisotopic (exact) mass is 214 g/mol. The average Bonchev–Trinajstić information content (AvgIpc) is 2.23. The molecule has 1 N–H and O–H groups in total. The minimum Gasteiger partial charge on any atom is -0.316 e. The Labute approximate surface area is 87.5 Å². The van der Waals surface area contributed by atoms with E-state index in [-0.39, 0.29) is 11.9 Å². The van der Waals surface area contributed by atoms with Crippen molar-refractivity contribution < 1.29 is 4.39 Å². The van der Waals surface area contributed by atoms with E-state index >= 15 is 0 Å². The van der Waals surface area contributed by atoms with Crippen LogP contribution in [0.1, 0.15) is 24.3 Å². The quantitative estimate of drug-likeness (QED) is 0.726. The molecule has 0 spiro atoms. The van der Waals surface area contributed by atoms with Crippen molar-refractivity contribution in [3.63, 3.8) is 0 Å². The largest absolute Gasteiger partial charge is 0.316 e. The highest BCUT2D eigenvalue weighted by Crippen LogP contribution is 2.26. The van der Waals surface area contributed by atoms with Crippen molar-refractivity contribution in [1.29, 1.82) is 0 Å². The maximum absolute atomic E-state index is 13.4. The second-order valence-corrected chi connectivity index (χ2v) is 4.01. The third-order valence-electron chi connectivity index (χ3n) is 2.57. The van der Waals surface area contributed by atoms with Crippen molar-refractivity contribution in [2.75, 3.05) is 13.1 Å². The lowest BCUT2D eigenvalue weighted by Gasteiger charge is -2.23. The van der Waals surface area contributed by atoms with Crippen LogP contribution in [0.2, 0.25) is 5.02 Å². The normalized spacial score (nSPS) is 22.3. The molecule has 1 aliphatic heterocycles. The van der Waals surface area contributed by atoms with E-state index in [4.69, 9.17) is 11.6 Å². The van der Waals surface area contributed by atoms with Gasteiger partial charge in [-0.2, -0.15) is 4.39 Å². The van der Waals surface area contributed by atoms with Crippen molar-refractivity contribution in [3.05, 3.63) is 28.8 Å². The van der Waals surface area contributed by atoms with Crippen molar-refractivity contribution in [3.8, 4) is 0 Å². The summed E-state index contributed by atoms with van der Waals surface area (Å²) in [6, 6.07) is 1.68. The van der Waals surface area contributed by atoms with Gasteiger partial charge in [-0.15, -0.1) is 0 Å². The second-order valence-electron chi connectivity index (χ2n) is 3.58. The lowest BCUT2D eigenvalue weighted by molar-refractivity contribution is 0.440. The molecule has 0 bridgehead atoms. The Morgan fingerprint density at radius 1 is 1.57 bits per heavy atom. The molecule has 1 saturated heterocycles. The third-order valence-corrected chi connectivity index (χ3v) is 2.78. The molecule has 14 heavy (non-hydrogen) atoms. The highest BCUT2D eigenvalue weighted by Gasteiger charge is 2.19. The van der Waals surface area contributed by atoms with Crippen LogP contribution in [0.3, 0.4) is 0 Å². The van der Waals surface area contributed by atoms with Gasteiger partial charge in [0.2, 0.25) is 5.95 Å². The summed E-state index contributed by atoms with van der Waals surface area (Å²) < 4.78 is 13.4.